The number of fused-ring (bicyclic) bond motifs is 3. The quantitative estimate of drug-likeness (QED) is 0.773. The Balaban J connectivity index is 1.49. The molecule has 1 aliphatic heterocycles. The Labute approximate surface area is 157 Å². The van der Waals surface area contributed by atoms with E-state index in [0.29, 0.717) is 5.41 Å². The third kappa shape index (κ3) is 2.80. The Morgan fingerprint density at radius 2 is 1.54 bits per heavy atom. The predicted molar refractivity (Wildman–Crippen MR) is 108 cm³/mol. The molecule has 2 nitrogen and oxygen atoms in total. The van der Waals surface area contributed by atoms with Crippen molar-refractivity contribution in [1.82, 2.24) is 9.80 Å². The second kappa shape index (κ2) is 6.51. The van der Waals surface area contributed by atoms with E-state index in [2.05, 4.69) is 65.4 Å². The molecule has 2 heteroatoms. The van der Waals surface area contributed by atoms with E-state index in [-0.39, 0.29) is 0 Å². The first-order valence-corrected chi connectivity index (χ1v) is 10.3. The molecule has 0 N–H and O–H groups in total. The molecule has 2 aromatic carbocycles. The summed E-state index contributed by atoms with van der Waals surface area (Å²) < 4.78 is 0. The summed E-state index contributed by atoms with van der Waals surface area (Å²) in [4.78, 5) is 5.26. The van der Waals surface area contributed by atoms with Gasteiger partial charge in [-0.3, -0.25) is 4.90 Å². The Kier molecular flexibility index (Phi) is 4.14. The van der Waals surface area contributed by atoms with Crippen LogP contribution in [0.1, 0.15) is 41.5 Å². The summed E-state index contributed by atoms with van der Waals surface area (Å²) in [5.41, 5.74) is 6.68. The highest BCUT2D eigenvalue weighted by Crippen LogP contribution is 2.48. The van der Waals surface area contributed by atoms with Crippen molar-refractivity contribution in [2.75, 3.05) is 33.2 Å². The van der Waals surface area contributed by atoms with Crippen molar-refractivity contribution >= 4 is 0 Å². The number of piperazine rings is 1. The third-order valence-electron chi connectivity index (χ3n) is 7.25. The normalized spacial score (nSPS) is 29.3. The molecular weight excluding hydrogens is 316 g/mol. The van der Waals surface area contributed by atoms with Gasteiger partial charge >= 0.3 is 0 Å². The van der Waals surface area contributed by atoms with Crippen molar-refractivity contribution in [1.29, 1.82) is 0 Å². The van der Waals surface area contributed by atoms with Crippen molar-refractivity contribution in [2.24, 2.45) is 0 Å². The number of hydrogen-bond acceptors (Lipinski definition) is 2. The van der Waals surface area contributed by atoms with Crippen molar-refractivity contribution in [3.8, 4) is 0 Å². The van der Waals surface area contributed by atoms with Gasteiger partial charge in [-0.15, -0.1) is 0 Å². The maximum Gasteiger partial charge on any atom is 0.0113 e. The lowest BCUT2D eigenvalue weighted by atomic mass is 9.73. The fraction of sp³-hybridized carbons (Fsp3) is 0.500. The summed E-state index contributed by atoms with van der Waals surface area (Å²) in [5.74, 6) is 0. The SMILES string of the molecule is CN1CCN(C2CCC3(Cc4ccccc4Cc4ccccc43)C2)CC1. The van der Waals surface area contributed by atoms with Crippen LogP contribution < -0.4 is 0 Å². The van der Waals surface area contributed by atoms with E-state index >= 15 is 0 Å². The summed E-state index contributed by atoms with van der Waals surface area (Å²) in [6, 6.07) is 19.2. The number of benzene rings is 2. The van der Waals surface area contributed by atoms with Crippen molar-refractivity contribution in [3.63, 3.8) is 0 Å². The fourth-order valence-electron chi connectivity index (χ4n) is 5.76. The van der Waals surface area contributed by atoms with Gasteiger partial charge in [0.2, 0.25) is 0 Å². The van der Waals surface area contributed by atoms with Crippen LogP contribution in [0.5, 0.6) is 0 Å². The van der Waals surface area contributed by atoms with Crippen LogP contribution in [0.2, 0.25) is 0 Å². The number of nitrogens with zero attached hydrogens (tertiary/aromatic N) is 2. The maximum absolute atomic E-state index is 2.79. The Hall–Kier alpha value is -1.64. The summed E-state index contributed by atoms with van der Waals surface area (Å²) in [7, 11) is 2.26. The zero-order valence-corrected chi connectivity index (χ0v) is 16.0. The molecular formula is C24H30N2. The molecule has 2 atom stereocenters. The minimum absolute atomic E-state index is 0.344. The van der Waals surface area contributed by atoms with E-state index in [1.54, 1.807) is 22.3 Å². The monoisotopic (exact) mass is 346 g/mol. The molecule has 26 heavy (non-hydrogen) atoms. The standard InChI is InChI=1S/C24H30N2/c1-25-12-14-26(15-13-25)22-10-11-24(18-22)17-21-8-3-2-6-19(21)16-20-7-4-5-9-23(20)24/h2-9,22H,10-18H2,1H3. The Bertz CT molecular complexity index is 790. The number of hydrogen-bond donors (Lipinski definition) is 0. The minimum atomic E-state index is 0.344. The molecule has 2 aromatic rings. The van der Waals surface area contributed by atoms with Gasteiger partial charge in [0.05, 0.1) is 0 Å². The van der Waals surface area contributed by atoms with E-state index in [1.807, 2.05) is 0 Å². The Morgan fingerprint density at radius 3 is 2.35 bits per heavy atom. The van der Waals surface area contributed by atoms with Gasteiger partial charge in [-0.2, -0.15) is 0 Å². The van der Waals surface area contributed by atoms with Crippen LogP contribution in [0.15, 0.2) is 48.5 Å². The summed E-state index contributed by atoms with van der Waals surface area (Å²) >= 11 is 0. The molecule has 1 spiro atoms. The largest absolute Gasteiger partial charge is 0.304 e. The first kappa shape index (κ1) is 16.5. The van der Waals surface area contributed by atoms with E-state index < -0.39 is 0 Å². The molecule has 3 aliphatic rings. The predicted octanol–water partition coefficient (Wildman–Crippen LogP) is 3.87. The van der Waals surface area contributed by atoms with E-state index in [1.165, 1.54) is 51.9 Å². The molecule has 5 rings (SSSR count). The van der Waals surface area contributed by atoms with Gasteiger partial charge in [0.25, 0.3) is 0 Å². The van der Waals surface area contributed by atoms with Crippen LogP contribution in [-0.2, 0) is 18.3 Å². The van der Waals surface area contributed by atoms with E-state index in [9.17, 15) is 0 Å². The van der Waals surface area contributed by atoms with Gasteiger partial charge in [0, 0.05) is 37.6 Å². The van der Waals surface area contributed by atoms with Gasteiger partial charge in [0.15, 0.2) is 0 Å². The highest BCUT2D eigenvalue weighted by molar-refractivity contribution is 5.46. The smallest absolute Gasteiger partial charge is 0.0113 e. The van der Waals surface area contributed by atoms with Crippen LogP contribution in [0, 0.1) is 0 Å². The molecule has 1 heterocycles. The minimum Gasteiger partial charge on any atom is -0.304 e. The average Bonchev–Trinajstić information content (AvgIpc) is 3.03. The molecule has 1 saturated carbocycles. The van der Waals surface area contributed by atoms with Gasteiger partial charge in [0.1, 0.15) is 0 Å². The van der Waals surface area contributed by atoms with E-state index in [0.717, 1.165) is 12.5 Å². The number of likely N-dealkylation sites (N-methyl/N-ethyl adjacent to an activating group) is 1. The summed E-state index contributed by atoms with van der Waals surface area (Å²) in [5, 5.41) is 0. The van der Waals surface area contributed by atoms with Crippen LogP contribution >= 0.6 is 0 Å². The molecule has 136 valence electrons. The average molecular weight is 347 g/mol. The summed E-state index contributed by atoms with van der Waals surface area (Å²) in [6.07, 6.45) is 6.37. The lowest BCUT2D eigenvalue weighted by Crippen LogP contribution is -2.48. The van der Waals surface area contributed by atoms with Gasteiger partial charge < -0.3 is 4.90 Å². The van der Waals surface area contributed by atoms with Crippen LogP contribution in [0.25, 0.3) is 0 Å². The second-order valence-electron chi connectivity index (χ2n) is 8.80. The Morgan fingerprint density at radius 1 is 0.846 bits per heavy atom. The van der Waals surface area contributed by atoms with Crippen molar-refractivity contribution < 1.29 is 0 Å². The zero-order chi connectivity index (χ0) is 17.6. The van der Waals surface area contributed by atoms with Crippen LogP contribution in [0.4, 0.5) is 0 Å². The molecule has 2 unspecified atom stereocenters. The molecule has 0 bridgehead atoms. The maximum atomic E-state index is 2.79. The number of rotatable bonds is 1. The molecule has 0 amide bonds. The van der Waals surface area contributed by atoms with Gasteiger partial charge in [-0.1, -0.05) is 48.5 Å². The zero-order valence-electron chi connectivity index (χ0n) is 16.0. The molecule has 1 saturated heterocycles. The van der Waals surface area contributed by atoms with Crippen LogP contribution in [-0.4, -0.2) is 49.1 Å². The molecule has 0 radical (unpaired) electrons. The third-order valence-corrected chi connectivity index (χ3v) is 7.25. The lowest BCUT2D eigenvalue weighted by Gasteiger charge is -2.38. The molecule has 0 aromatic heterocycles. The lowest BCUT2D eigenvalue weighted by molar-refractivity contribution is 0.110. The van der Waals surface area contributed by atoms with E-state index in [4.69, 9.17) is 0 Å². The summed E-state index contributed by atoms with van der Waals surface area (Å²) in [6.45, 7) is 4.94. The molecule has 2 aliphatic carbocycles. The second-order valence-corrected chi connectivity index (χ2v) is 8.80. The van der Waals surface area contributed by atoms with Gasteiger partial charge in [-0.25, -0.2) is 0 Å². The highest BCUT2D eigenvalue weighted by atomic mass is 15.3. The highest BCUT2D eigenvalue weighted by Gasteiger charge is 2.44. The van der Waals surface area contributed by atoms with Gasteiger partial charge in [-0.05, 0) is 61.4 Å². The molecule has 2 fully saturated rings. The first-order valence-electron chi connectivity index (χ1n) is 10.3. The first-order chi connectivity index (χ1) is 12.7. The fourth-order valence-corrected chi connectivity index (χ4v) is 5.76. The van der Waals surface area contributed by atoms with Crippen molar-refractivity contribution in [2.45, 2.75) is 43.6 Å². The van der Waals surface area contributed by atoms with Crippen molar-refractivity contribution in [3.05, 3.63) is 70.8 Å². The topological polar surface area (TPSA) is 6.48 Å². The van der Waals surface area contributed by atoms with Crippen LogP contribution in [0.3, 0.4) is 0 Å².